The van der Waals surface area contributed by atoms with Gasteiger partial charge in [-0.15, -0.1) is 5.10 Å². The number of rotatable bonds is 2. The fourth-order valence-electron chi connectivity index (χ4n) is 3.21. The number of nitrogens with one attached hydrogen (secondary N) is 1. The molecule has 0 bridgehead atoms. The van der Waals surface area contributed by atoms with Crippen molar-refractivity contribution in [3.05, 3.63) is 47.9 Å². The van der Waals surface area contributed by atoms with E-state index in [-0.39, 0.29) is 5.91 Å². The van der Waals surface area contributed by atoms with E-state index in [1.165, 1.54) is 0 Å². The number of aryl methyl sites for hydroxylation is 1. The van der Waals surface area contributed by atoms with E-state index in [9.17, 15) is 4.79 Å². The van der Waals surface area contributed by atoms with E-state index in [0.717, 1.165) is 48.6 Å². The predicted octanol–water partition coefficient (Wildman–Crippen LogP) is 2.01. The highest BCUT2D eigenvalue weighted by Gasteiger charge is 2.23. The van der Waals surface area contributed by atoms with E-state index in [1.54, 1.807) is 12.4 Å². The monoisotopic (exact) mass is 336 g/mol. The summed E-state index contributed by atoms with van der Waals surface area (Å²) in [6.07, 6.45) is 4.38. The first-order valence-corrected chi connectivity index (χ1v) is 8.49. The molecule has 1 aliphatic heterocycles. The van der Waals surface area contributed by atoms with Gasteiger partial charge >= 0.3 is 0 Å². The Bertz CT molecular complexity index is 888. The molecule has 128 valence electrons. The second-order valence-corrected chi connectivity index (χ2v) is 6.27. The first-order valence-electron chi connectivity index (χ1n) is 8.49. The third-order valence-electron chi connectivity index (χ3n) is 4.57. The molecule has 0 spiro atoms. The molecular formula is C18H20N6O. The van der Waals surface area contributed by atoms with Crippen LogP contribution in [0.15, 0.2) is 36.7 Å². The molecule has 1 saturated heterocycles. The summed E-state index contributed by atoms with van der Waals surface area (Å²) in [5, 5.41) is 9.27. The van der Waals surface area contributed by atoms with Crippen molar-refractivity contribution in [1.29, 1.82) is 0 Å². The van der Waals surface area contributed by atoms with Crippen LogP contribution in [0.3, 0.4) is 0 Å². The average Bonchev–Trinajstić information content (AvgIpc) is 2.91. The van der Waals surface area contributed by atoms with E-state index in [0.29, 0.717) is 12.1 Å². The SMILES string of the molecule is Cc1ccc(N2CCCN(C(=O)c3c[nH]c4ncccc34)CC2)nn1. The predicted molar refractivity (Wildman–Crippen MR) is 95.6 cm³/mol. The van der Waals surface area contributed by atoms with Crippen LogP contribution in [0.25, 0.3) is 11.0 Å². The second kappa shape index (κ2) is 6.51. The van der Waals surface area contributed by atoms with Crippen molar-refractivity contribution in [2.45, 2.75) is 13.3 Å². The van der Waals surface area contributed by atoms with Crippen molar-refractivity contribution in [1.82, 2.24) is 25.1 Å². The van der Waals surface area contributed by atoms with Crippen LogP contribution in [0.4, 0.5) is 5.82 Å². The third-order valence-corrected chi connectivity index (χ3v) is 4.57. The molecule has 1 fully saturated rings. The third kappa shape index (κ3) is 3.05. The minimum Gasteiger partial charge on any atom is -0.353 e. The summed E-state index contributed by atoms with van der Waals surface area (Å²) < 4.78 is 0. The number of anilines is 1. The van der Waals surface area contributed by atoms with Gasteiger partial charge in [-0.2, -0.15) is 5.10 Å². The molecule has 0 radical (unpaired) electrons. The van der Waals surface area contributed by atoms with Gasteiger partial charge in [0.15, 0.2) is 5.82 Å². The Morgan fingerprint density at radius 2 is 2.04 bits per heavy atom. The number of H-pyrrole nitrogens is 1. The molecule has 4 rings (SSSR count). The maximum absolute atomic E-state index is 12.9. The van der Waals surface area contributed by atoms with Crippen molar-refractivity contribution < 1.29 is 4.79 Å². The van der Waals surface area contributed by atoms with E-state index in [1.807, 2.05) is 36.1 Å². The van der Waals surface area contributed by atoms with Gasteiger partial charge in [0.2, 0.25) is 0 Å². The van der Waals surface area contributed by atoms with E-state index >= 15 is 0 Å². The van der Waals surface area contributed by atoms with Crippen molar-refractivity contribution in [3.63, 3.8) is 0 Å². The summed E-state index contributed by atoms with van der Waals surface area (Å²) in [7, 11) is 0. The van der Waals surface area contributed by atoms with Crippen LogP contribution < -0.4 is 4.90 Å². The van der Waals surface area contributed by atoms with Crippen LogP contribution in [0.1, 0.15) is 22.5 Å². The van der Waals surface area contributed by atoms with Crippen molar-refractivity contribution in [2.24, 2.45) is 0 Å². The number of hydrogen-bond donors (Lipinski definition) is 1. The maximum Gasteiger partial charge on any atom is 0.256 e. The Kier molecular flexibility index (Phi) is 4.05. The Labute approximate surface area is 145 Å². The summed E-state index contributed by atoms with van der Waals surface area (Å²) in [6, 6.07) is 7.74. The van der Waals surface area contributed by atoms with Gasteiger partial charge in [-0.25, -0.2) is 4.98 Å². The largest absolute Gasteiger partial charge is 0.353 e. The highest BCUT2D eigenvalue weighted by molar-refractivity contribution is 6.05. The van der Waals surface area contributed by atoms with E-state index in [2.05, 4.69) is 25.1 Å². The molecule has 7 heteroatoms. The molecule has 1 N–H and O–H groups in total. The standard InChI is InChI=1S/C18H20N6O/c1-13-5-6-16(22-21-13)23-8-3-9-24(11-10-23)18(25)15-12-20-17-14(15)4-2-7-19-17/h2,4-7,12H,3,8-11H2,1H3,(H,19,20). The van der Waals surface area contributed by atoms with Crippen LogP contribution in [0.5, 0.6) is 0 Å². The zero-order valence-electron chi connectivity index (χ0n) is 14.1. The summed E-state index contributed by atoms with van der Waals surface area (Å²) in [4.78, 5) is 24.4. The van der Waals surface area contributed by atoms with Gasteiger partial charge in [-0.3, -0.25) is 4.79 Å². The van der Waals surface area contributed by atoms with Crippen molar-refractivity contribution in [2.75, 3.05) is 31.1 Å². The molecule has 0 unspecified atom stereocenters. The lowest BCUT2D eigenvalue weighted by molar-refractivity contribution is 0.0769. The first kappa shape index (κ1) is 15.6. The molecule has 1 amide bonds. The topological polar surface area (TPSA) is 78.0 Å². The summed E-state index contributed by atoms with van der Waals surface area (Å²) in [5.41, 5.74) is 2.34. The Hall–Kier alpha value is -2.96. The quantitative estimate of drug-likeness (QED) is 0.774. The summed E-state index contributed by atoms with van der Waals surface area (Å²) in [5.74, 6) is 0.923. The van der Waals surface area contributed by atoms with Crippen LogP contribution in [0, 0.1) is 6.92 Å². The zero-order valence-corrected chi connectivity index (χ0v) is 14.1. The summed E-state index contributed by atoms with van der Waals surface area (Å²) in [6.45, 7) is 4.96. The Morgan fingerprint density at radius 1 is 1.12 bits per heavy atom. The highest BCUT2D eigenvalue weighted by atomic mass is 16.2. The molecule has 0 aromatic carbocycles. The minimum atomic E-state index is 0.0519. The van der Waals surface area contributed by atoms with Crippen molar-refractivity contribution in [3.8, 4) is 0 Å². The summed E-state index contributed by atoms with van der Waals surface area (Å²) >= 11 is 0. The van der Waals surface area contributed by atoms with Gasteiger partial charge in [0.1, 0.15) is 5.65 Å². The van der Waals surface area contributed by atoms with E-state index < -0.39 is 0 Å². The van der Waals surface area contributed by atoms with Gasteiger partial charge in [0, 0.05) is 44.0 Å². The lowest BCUT2D eigenvalue weighted by atomic mass is 10.2. The minimum absolute atomic E-state index is 0.0519. The normalized spacial score (nSPS) is 15.4. The van der Waals surface area contributed by atoms with Crippen LogP contribution in [-0.2, 0) is 0 Å². The lowest BCUT2D eigenvalue weighted by Crippen LogP contribution is -2.35. The highest BCUT2D eigenvalue weighted by Crippen LogP contribution is 2.19. The average molecular weight is 336 g/mol. The van der Waals surface area contributed by atoms with Gasteiger partial charge in [0.25, 0.3) is 5.91 Å². The molecule has 7 nitrogen and oxygen atoms in total. The van der Waals surface area contributed by atoms with Crippen LogP contribution >= 0.6 is 0 Å². The number of nitrogens with zero attached hydrogens (tertiary/aromatic N) is 5. The zero-order chi connectivity index (χ0) is 17.2. The number of carbonyl (C=O) groups is 1. The van der Waals surface area contributed by atoms with Crippen molar-refractivity contribution >= 4 is 22.8 Å². The van der Waals surface area contributed by atoms with Gasteiger partial charge in [-0.1, -0.05) is 0 Å². The molecule has 1 aliphatic rings. The Balaban J connectivity index is 1.50. The second-order valence-electron chi connectivity index (χ2n) is 6.27. The van der Waals surface area contributed by atoms with Crippen LogP contribution in [0.2, 0.25) is 0 Å². The van der Waals surface area contributed by atoms with Crippen LogP contribution in [-0.4, -0.2) is 57.2 Å². The molecular weight excluding hydrogens is 316 g/mol. The lowest BCUT2D eigenvalue weighted by Gasteiger charge is -2.22. The first-order chi connectivity index (χ1) is 12.2. The fourth-order valence-corrected chi connectivity index (χ4v) is 3.21. The Morgan fingerprint density at radius 3 is 2.88 bits per heavy atom. The number of pyridine rings is 1. The number of amides is 1. The number of carbonyl (C=O) groups excluding carboxylic acids is 1. The number of fused-ring (bicyclic) bond motifs is 1. The molecule has 0 atom stereocenters. The fraction of sp³-hybridized carbons (Fsp3) is 0.333. The number of aromatic nitrogens is 4. The number of hydrogen-bond acceptors (Lipinski definition) is 5. The van der Waals surface area contributed by atoms with Gasteiger partial charge in [-0.05, 0) is 37.6 Å². The molecule has 4 heterocycles. The maximum atomic E-state index is 12.9. The van der Waals surface area contributed by atoms with Gasteiger partial charge < -0.3 is 14.8 Å². The number of aromatic amines is 1. The molecule has 0 aliphatic carbocycles. The molecule has 3 aromatic heterocycles. The van der Waals surface area contributed by atoms with Gasteiger partial charge in [0.05, 0.1) is 11.3 Å². The van der Waals surface area contributed by atoms with E-state index in [4.69, 9.17) is 0 Å². The molecule has 3 aromatic rings. The smallest absolute Gasteiger partial charge is 0.256 e. The molecule has 0 saturated carbocycles. The molecule has 25 heavy (non-hydrogen) atoms.